The van der Waals surface area contributed by atoms with Crippen molar-refractivity contribution in [2.24, 2.45) is 29.6 Å². The monoisotopic (exact) mass is 291 g/mol. The van der Waals surface area contributed by atoms with Crippen LogP contribution in [0.3, 0.4) is 0 Å². The van der Waals surface area contributed by atoms with Crippen LogP contribution in [0, 0.1) is 36.5 Å². The van der Waals surface area contributed by atoms with Crippen LogP contribution in [-0.4, -0.2) is 17.0 Å². The molecule has 1 aromatic rings. The number of carbonyl (C=O) groups is 2. The average molecular weight is 291 g/mol. The lowest BCUT2D eigenvalue weighted by Gasteiger charge is -2.09. The number of nitrogens with one attached hydrogen (secondary N) is 1. The molecule has 4 rings (SSSR count). The first-order chi connectivity index (χ1) is 9.56. The quantitative estimate of drug-likeness (QED) is 0.899. The molecule has 0 aliphatic heterocycles. The van der Waals surface area contributed by atoms with Gasteiger partial charge < -0.3 is 10.4 Å². The Hall–Kier alpha value is -1.36. The zero-order valence-corrected chi connectivity index (χ0v) is 12.1. The molecule has 0 spiro atoms. The maximum absolute atomic E-state index is 12.4. The summed E-state index contributed by atoms with van der Waals surface area (Å²) in [5, 5.41) is 12.5. The number of rotatable bonds is 3. The minimum Gasteiger partial charge on any atom is -0.478 e. The third-order valence-corrected chi connectivity index (χ3v) is 6.33. The lowest BCUT2D eigenvalue weighted by molar-refractivity contribution is -0.118. The second-order valence-electron chi connectivity index (χ2n) is 6.41. The third kappa shape index (κ3) is 1.65. The van der Waals surface area contributed by atoms with Gasteiger partial charge in [0.25, 0.3) is 0 Å². The van der Waals surface area contributed by atoms with Crippen LogP contribution in [0.15, 0.2) is 6.07 Å². The molecule has 4 unspecified atom stereocenters. The van der Waals surface area contributed by atoms with Gasteiger partial charge in [-0.2, -0.15) is 0 Å². The van der Waals surface area contributed by atoms with Crippen LogP contribution in [0.25, 0.3) is 0 Å². The van der Waals surface area contributed by atoms with Crippen LogP contribution in [0.1, 0.15) is 34.5 Å². The van der Waals surface area contributed by atoms with Crippen molar-refractivity contribution in [3.8, 4) is 0 Å². The lowest BCUT2D eigenvalue weighted by Crippen LogP contribution is -2.19. The van der Waals surface area contributed by atoms with Crippen LogP contribution in [0.2, 0.25) is 0 Å². The molecule has 0 aromatic carbocycles. The molecule has 1 amide bonds. The molecular weight excluding hydrogens is 274 g/mol. The van der Waals surface area contributed by atoms with Crippen LogP contribution >= 0.6 is 11.3 Å². The van der Waals surface area contributed by atoms with Crippen molar-refractivity contribution in [1.82, 2.24) is 0 Å². The van der Waals surface area contributed by atoms with Crippen molar-refractivity contribution in [3.05, 3.63) is 16.5 Å². The molecule has 3 saturated carbocycles. The van der Waals surface area contributed by atoms with E-state index < -0.39 is 5.97 Å². The molecule has 20 heavy (non-hydrogen) atoms. The number of carboxylic acid groups (broad SMARTS) is 1. The van der Waals surface area contributed by atoms with Gasteiger partial charge in [-0.3, -0.25) is 4.79 Å². The van der Waals surface area contributed by atoms with E-state index in [1.165, 1.54) is 30.6 Å². The van der Waals surface area contributed by atoms with Gasteiger partial charge in [0.1, 0.15) is 5.00 Å². The summed E-state index contributed by atoms with van der Waals surface area (Å²) in [6, 6.07) is 1.63. The topological polar surface area (TPSA) is 66.4 Å². The maximum Gasteiger partial charge on any atom is 0.338 e. The largest absolute Gasteiger partial charge is 0.478 e. The molecule has 1 heterocycles. The third-order valence-electron chi connectivity index (χ3n) is 5.36. The summed E-state index contributed by atoms with van der Waals surface area (Å²) in [7, 11) is 0. The Bertz CT molecular complexity index is 592. The fraction of sp³-hybridized carbons (Fsp3) is 0.600. The van der Waals surface area contributed by atoms with Gasteiger partial charge in [0, 0.05) is 10.8 Å². The highest BCUT2D eigenvalue weighted by Crippen LogP contribution is 2.69. The molecule has 2 bridgehead atoms. The molecule has 3 aliphatic carbocycles. The minimum absolute atomic E-state index is 0.0425. The predicted molar refractivity (Wildman–Crippen MR) is 75.9 cm³/mol. The molecule has 4 atom stereocenters. The van der Waals surface area contributed by atoms with E-state index >= 15 is 0 Å². The number of thiophene rings is 1. The summed E-state index contributed by atoms with van der Waals surface area (Å²) in [6.45, 7) is 1.86. The summed E-state index contributed by atoms with van der Waals surface area (Å²) in [5.74, 6) is 1.90. The van der Waals surface area contributed by atoms with Gasteiger partial charge in [-0.25, -0.2) is 4.79 Å². The fourth-order valence-electron chi connectivity index (χ4n) is 4.64. The number of aromatic carboxylic acids is 1. The molecule has 2 N–H and O–H groups in total. The standard InChI is InChI=1S/C15H17NO3S/c1-6-4-9(15(18)19)14(20-6)16-13(17)12-10-7-2-3-8(5-7)11(10)12/h4,7-8,10-12H,2-3,5H2,1H3,(H,16,17)(H,18,19). The van der Waals surface area contributed by atoms with E-state index in [1.54, 1.807) is 6.07 Å². The molecule has 5 heteroatoms. The predicted octanol–water partition coefficient (Wildman–Crippen LogP) is 2.99. The van der Waals surface area contributed by atoms with Crippen molar-refractivity contribution < 1.29 is 14.7 Å². The van der Waals surface area contributed by atoms with Crippen LogP contribution in [0.5, 0.6) is 0 Å². The van der Waals surface area contributed by atoms with E-state index in [-0.39, 0.29) is 17.4 Å². The Labute approximate surface area is 121 Å². The van der Waals surface area contributed by atoms with Crippen molar-refractivity contribution in [2.75, 3.05) is 5.32 Å². The van der Waals surface area contributed by atoms with Gasteiger partial charge in [0.05, 0.1) is 5.56 Å². The van der Waals surface area contributed by atoms with E-state index in [0.29, 0.717) is 16.8 Å². The maximum atomic E-state index is 12.4. The molecular formula is C15H17NO3S. The highest BCUT2D eigenvalue weighted by molar-refractivity contribution is 7.16. The Balaban J connectivity index is 1.51. The Kier molecular flexibility index (Phi) is 2.52. The molecule has 0 radical (unpaired) electrons. The van der Waals surface area contributed by atoms with Gasteiger partial charge in [-0.05, 0) is 55.9 Å². The summed E-state index contributed by atoms with van der Waals surface area (Å²) >= 11 is 1.35. The zero-order valence-electron chi connectivity index (χ0n) is 11.3. The summed E-state index contributed by atoms with van der Waals surface area (Å²) < 4.78 is 0. The second-order valence-corrected chi connectivity index (χ2v) is 7.66. The molecule has 3 aliphatic rings. The number of anilines is 1. The molecule has 1 aromatic heterocycles. The molecule has 0 saturated heterocycles. The Morgan fingerprint density at radius 1 is 1.30 bits per heavy atom. The summed E-state index contributed by atoms with van der Waals surface area (Å²) in [6.07, 6.45) is 3.89. The van der Waals surface area contributed by atoms with Crippen molar-refractivity contribution >= 4 is 28.2 Å². The number of carbonyl (C=O) groups excluding carboxylic acids is 1. The molecule has 106 valence electrons. The van der Waals surface area contributed by atoms with Crippen molar-refractivity contribution in [2.45, 2.75) is 26.2 Å². The first kappa shape index (κ1) is 12.4. The first-order valence-corrected chi connectivity index (χ1v) is 8.02. The van der Waals surface area contributed by atoms with Crippen molar-refractivity contribution in [3.63, 3.8) is 0 Å². The van der Waals surface area contributed by atoms with Gasteiger partial charge in [-0.15, -0.1) is 11.3 Å². The van der Waals surface area contributed by atoms with Crippen LogP contribution in [-0.2, 0) is 4.79 Å². The van der Waals surface area contributed by atoms with Crippen LogP contribution in [0.4, 0.5) is 5.00 Å². The van der Waals surface area contributed by atoms with Gasteiger partial charge in [-0.1, -0.05) is 0 Å². The highest BCUT2D eigenvalue weighted by Gasteiger charge is 2.67. The van der Waals surface area contributed by atoms with E-state index in [2.05, 4.69) is 5.32 Å². The Morgan fingerprint density at radius 2 is 1.95 bits per heavy atom. The van der Waals surface area contributed by atoms with Gasteiger partial charge >= 0.3 is 5.97 Å². The number of hydrogen-bond donors (Lipinski definition) is 2. The molecule has 4 nitrogen and oxygen atoms in total. The average Bonchev–Trinajstić information content (AvgIpc) is 2.71. The van der Waals surface area contributed by atoms with Gasteiger partial charge in [0.2, 0.25) is 5.91 Å². The van der Waals surface area contributed by atoms with E-state index in [9.17, 15) is 9.59 Å². The SMILES string of the molecule is Cc1cc(C(=O)O)c(NC(=O)C2C3C4CCC(C4)C23)s1. The minimum atomic E-state index is -0.972. The smallest absolute Gasteiger partial charge is 0.338 e. The number of amides is 1. The first-order valence-electron chi connectivity index (χ1n) is 7.21. The fourth-order valence-corrected chi connectivity index (χ4v) is 5.54. The van der Waals surface area contributed by atoms with Gasteiger partial charge in [0.15, 0.2) is 0 Å². The second kappa shape index (κ2) is 4.07. The Morgan fingerprint density at radius 3 is 2.55 bits per heavy atom. The van der Waals surface area contributed by atoms with Crippen molar-refractivity contribution in [1.29, 1.82) is 0 Å². The van der Waals surface area contributed by atoms with E-state index in [4.69, 9.17) is 5.11 Å². The summed E-state index contributed by atoms with van der Waals surface area (Å²) in [5.41, 5.74) is 0.217. The summed E-state index contributed by atoms with van der Waals surface area (Å²) in [4.78, 5) is 24.5. The number of aryl methyl sites for hydroxylation is 1. The van der Waals surface area contributed by atoms with E-state index in [1.807, 2.05) is 6.92 Å². The number of hydrogen-bond acceptors (Lipinski definition) is 3. The number of carboxylic acids is 1. The highest BCUT2D eigenvalue weighted by atomic mass is 32.1. The van der Waals surface area contributed by atoms with E-state index in [0.717, 1.165) is 16.7 Å². The number of fused-ring (bicyclic) bond motifs is 5. The normalized spacial score (nSPS) is 36.8. The lowest BCUT2D eigenvalue weighted by atomic mass is 10.0. The van der Waals surface area contributed by atoms with Crippen LogP contribution < -0.4 is 5.32 Å². The zero-order chi connectivity index (χ0) is 14.0. The molecule has 3 fully saturated rings.